The molecule has 2 rings (SSSR count). The topological polar surface area (TPSA) is 26.3 Å². The SMILES string of the molecule is C=C=CC1(C(=O)OC)C=CC(=C)c2ccccc21. The quantitative estimate of drug-likeness (QED) is 0.584. The van der Waals surface area contributed by atoms with Gasteiger partial charge in [-0.05, 0) is 22.8 Å². The molecule has 90 valence electrons. The molecular formula is C16H14O2. The Morgan fingerprint density at radius 3 is 2.83 bits per heavy atom. The molecule has 0 aromatic heterocycles. The van der Waals surface area contributed by atoms with Crippen LogP contribution < -0.4 is 0 Å². The normalized spacial score (nSPS) is 20.8. The Balaban J connectivity index is 2.76. The highest BCUT2D eigenvalue weighted by Gasteiger charge is 2.40. The first-order valence-corrected chi connectivity index (χ1v) is 5.59. The predicted molar refractivity (Wildman–Crippen MR) is 72.0 cm³/mol. The number of carbonyl (C=O) groups excluding carboxylic acids is 1. The van der Waals surface area contributed by atoms with Crippen molar-refractivity contribution in [3.8, 4) is 0 Å². The van der Waals surface area contributed by atoms with Gasteiger partial charge in [0.05, 0.1) is 7.11 Å². The van der Waals surface area contributed by atoms with Gasteiger partial charge in [0.25, 0.3) is 0 Å². The molecule has 0 saturated heterocycles. The summed E-state index contributed by atoms with van der Waals surface area (Å²) in [6.07, 6.45) is 5.23. The third kappa shape index (κ3) is 1.64. The summed E-state index contributed by atoms with van der Waals surface area (Å²) in [4.78, 5) is 12.1. The van der Waals surface area contributed by atoms with E-state index in [1.807, 2.05) is 30.3 Å². The van der Waals surface area contributed by atoms with Gasteiger partial charge in [-0.3, -0.25) is 4.79 Å². The van der Waals surface area contributed by atoms with Crippen molar-refractivity contribution in [3.05, 3.63) is 72.5 Å². The molecule has 0 spiro atoms. The zero-order chi connectivity index (χ0) is 13.2. The first kappa shape index (κ1) is 12.2. The van der Waals surface area contributed by atoms with E-state index in [1.165, 1.54) is 7.11 Å². The zero-order valence-corrected chi connectivity index (χ0v) is 10.3. The first-order chi connectivity index (χ1) is 8.65. The van der Waals surface area contributed by atoms with Crippen LogP contribution in [0.2, 0.25) is 0 Å². The van der Waals surface area contributed by atoms with E-state index in [-0.39, 0.29) is 5.97 Å². The van der Waals surface area contributed by atoms with Gasteiger partial charge in [-0.2, -0.15) is 0 Å². The van der Waals surface area contributed by atoms with E-state index < -0.39 is 5.41 Å². The maximum atomic E-state index is 12.1. The standard InChI is InChI=1S/C16H14O2/c1-4-10-16(15(17)18-3)11-9-12(2)13-7-5-6-8-14(13)16/h5-11H,1-2H2,3H3. The van der Waals surface area contributed by atoms with Crippen LogP contribution in [0.1, 0.15) is 11.1 Å². The molecule has 1 unspecified atom stereocenters. The van der Waals surface area contributed by atoms with Crippen molar-refractivity contribution >= 4 is 11.5 Å². The summed E-state index contributed by atoms with van der Waals surface area (Å²) in [7, 11) is 1.38. The lowest BCUT2D eigenvalue weighted by Crippen LogP contribution is -2.35. The number of carbonyl (C=O) groups is 1. The summed E-state index contributed by atoms with van der Waals surface area (Å²) in [5.41, 5.74) is 4.41. The van der Waals surface area contributed by atoms with Gasteiger partial charge in [0.2, 0.25) is 0 Å². The Kier molecular flexibility index (Phi) is 3.05. The summed E-state index contributed by atoms with van der Waals surface area (Å²) >= 11 is 0. The lowest BCUT2D eigenvalue weighted by Gasteiger charge is -2.30. The monoisotopic (exact) mass is 238 g/mol. The van der Waals surface area contributed by atoms with E-state index in [4.69, 9.17) is 4.74 Å². The highest BCUT2D eigenvalue weighted by Crippen LogP contribution is 2.38. The molecule has 0 bridgehead atoms. The number of hydrogen-bond donors (Lipinski definition) is 0. The van der Waals surface area contributed by atoms with Crippen LogP contribution in [0.5, 0.6) is 0 Å². The van der Waals surface area contributed by atoms with Crippen LogP contribution in [0.15, 0.2) is 61.4 Å². The van der Waals surface area contributed by atoms with Crippen LogP contribution in [0.3, 0.4) is 0 Å². The maximum Gasteiger partial charge on any atom is 0.324 e. The van der Waals surface area contributed by atoms with Crippen LogP contribution in [0.4, 0.5) is 0 Å². The van der Waals surface area contributed by atoms with Crippen molar-refractivity contribution in [2.24, 2.45) is 0 Å². The minimum absolute atomic E-state index is 0.352. The second kappa shape index (κ2) is 4.52. The van der Waals surface area contributed by atoms with Crippen molar-refractivity contribution in [1.29, 1.82) is 0 Å². The van der Waals surface area contributed by atoms with Crippen LogP contribution >= 0.6 is 0 Å². The van der Waals surface area contributed by atoms with Gasteiger partial charge < -0.3 is 4.74 Å². The lowest BCUT2D eigenvalue weighted by atomic mass is 9.73. The first-order valence-electron chi connectivity index (χ1n) is 5.59. The van der Waals surface area contributed by atoms with Crippen molar-refractivity contribution in [1.82, 2.24) is 0 Å². The molecule has 0 N–H and O–H groups in total. The molecule has 0 saturated carbocycles. The van der Waals surface area contributed by atoms with Gasteiger partial charge in [-0.15, -0.1) is 5.73 Å². The van der Waals surface area contributed by atoms with Crippen LogP contribution in [0, 0.1) is 0 Å². The molecule has 0 aliphatic heterocycles. The molecule has 1 atom stereocenters. The molecule has 1 aromatic rings. The van der Waals surface area contributed by atoms with E-state index >= 15 is 0 Å². The van der Waals surface area contributed by atoms with Crippen molar-refractivity contribution in [2.75, 3.05) is 7.11 Å². The van der Waals surface area contributed by atoms with Gasteiger partial charge in [-0.1, -0.05) is 49.6 Å². The number of rotatable bonds is 2. The summed E-state index contributed by atoms with van der Waals surface area (Å²) in [5.74, 6) is -0.352. The van der Waals surface area contributed by atoms with Crippen molar-refractivity contribution < 1.29 is 9.53 Å². The molecule has 0 amide bonds. The van der Waals surface area contributed by atoms with Gasteiger partial charge in [0.1, 0.15) is 5.41 Å². The molecule has 0 fully saturated rings. The molecular weight excluding hydrogens is 224 g/mol. The van der Waals surface area contributed by atoms with Gasteiger partial charge >= 0.3 is 5.97 Å². The van der Waals surface area contributed by atoms with Crippen LogP contribution in [-0.2, 0) is 14.9 Å². The number of hydrogen-bond acceptors (Lipinski definition) is 2. The molecule has 0 radical (unpaired) electrons. The van der Waals surface area contributed by atoms with Crippen LogP contribution in [-0.4, -0.2) is 13.1 Å². The predicted octanol–water partition coefficient (Wildman–Crippen LogP) is 3.02. The lowest BCUT2D eigenvalue weighted by molar-refractivity contribution is -0.143. The second-order valence-corrected chi connectivity index (χ2v) is 4.11. The Hall–Kier alpha value is -2.31. The summed E-state index contributed by atoms with van der Waals surface area (Å²) < 4.78 is 4.92. The third-order valence-electron chi connectivity index (χ3n) is 3.12. The zero-order valence-electron chi connectivity index (χ0n) is 10.3. The molecule has 1 aliphatic carbocycles. The molecule has 1 aromatic carbocycles. The average Bonchev–Trinajstić information content (AvgIpc) is 2.42. The number of methoxy groups -OCH3 is 1. The Morgan fingerprint density at radius 1 is 1.44 bits per heavy atom. The highest BCUT2D eigenvalue weighted by atomic mass is 16.5. The minimum atomic E-state index is -0.950. The van der Waals surface area contributed by atoms with Crippen molar-refractivity contribution in [2.45, 2.75) is 5.41 Å². The van der Waals surface area contributed by atoms with E-state index in [9.17, 15) is 4.79 Å². The van der Waals surface area contributed by atoms with Gasteiger partial charge in [-0.25, -0.2) is 0 Å². The number of ether oxygens (including phenoxy) is 1. The Bertz CT molecular complexity index is 589. The molecule has 1 aliphatic rings. The minimum Gasteiger partial charge on any atom is -0.468 e. The van der Waals surface area contributed by atoms with Crippen molar-refractivity contribution in [3.63, 3.8) is 0 Å². The molecule has 18 heavy (non-hydrogen) atoms. The third-order valence-corrected chi connectivity index (χ3v) is 3.12. The highest BCUT2D eigenvalue weighted by molar-refractivity contribution is 5.94. The van der Waals surface area contributed by atoms with Crippen LogP contribution in [0.25, 0.3) is 5.57 Å². The fraction of sp³-hybridized carbons (Fsp3) is 0.125. The number of allylic oxidation sites excluding steroid dienone is 2. The van der Waals surface area contributed by atoms with E-state index in [1.54, 1.807) is 12.2 Å². The van der Waals surface area contributed by atoms with E-state index in [2.05, 4.69) is 18.9 Å². The summed E-state index contributed by atoms with van der Waals surface area (Å²) in [6.45, 7) is 7.54. The molecule has 2 heteroatoms. The fourth-order valence-electron chi connectivity index (χ4n) is 2.23. The second-order valence-electron chi connectivity index (χ2n) is 4.11. The number of esters is 1. The number of benzene rings is 1. The molecule has 2 nitrogen and oxygen atoms in total. The summed E-state index contributed by atoms with van der Waals surface area (Å²) in [6, 6.07) is 7.65. The average molecular weight is 238 g/mol. The smallest absolute Gasteiger partial charge is 0.324 e. The fourth-order valence-corrected chi connectivity index (χ4v) is 2.23. The Labute approximate surface area is 107 Å². The largest absolute Gasteiger partial charge is 0.468 e. The number of fused-ring (bicyclic) bond motifs is 1. The van der Waals surface area contributed by atoms with E-state index in [0.29, 0.717) is 0 Å². The molecule has 0 heterocycles. The van der Waals surface area contributed by atoms with E-state index in [0.717, 1.165) is 16.7 Å². The Morgan fingerprint density at radius 2 is 2.17 bits per heavy atom. The maximum absolute atomic E-state index is 12.1. The van der Waals surface area contributed by atoms with Gasteiger partial charge in [0.15, 0.2) is 0 Å². The van der Waals surface area contributed by atoms with Gasteiger partial charge in [0, 0.05) is 0 Å². The summed E-state index contributed by atoms with van der Waals surface area (Å²) in [5, 5.41) is 0.